The van der Waals surface area contributed by atoms with E-state index in [2.05, 4.69) is 0 Å². The third-order valence-corrected chi connectivity index (χ3v) is 1.15. The Morgan fingerprint density at radius 1 is 1.30 bits per heavy atom. The maximum Gasteiger partial charge on any atom is 0.198 e. The predicted octanol–water partition coefficient (Wildman–Crippen LogP) is 1.33. The van der Waals surface area contributed by atoms with Gasteiger partial charge in [0, 0.05) is 60.3 Å². The number of hydrogen-bond donors (Lipinski definition) is 0. The van der Waals surface area contributed by atoms with Crippen molar-refractivity contribution in [2.75, 3.05) is 0 Å². The molecule has 0 aliphatic rings. The van der Waals surface area contributed by atoms with Crippen molar-refractivity contribution in [3.8, 4) is 0 Å². The zero-order valence-corrected chi connectivity index (χ0v) is 7.92. The van der Waals surface area contributed by atoms with Crippen LogP contribution in [0.2, 0.25) is 0 Å². The first kappa shape index (κ1) is 13.4. The number of hydrogen-bond acceptors (Lipinski definition) is 2. The summed E-state index contributed by atoms with van der Waals surface area (Å²) in [4.78, 5) is 20.9. The van der Waals surface area contributed by atoms with Gasteiger partial charge in [0.15, 0.2) is 11.6 Å². The Morgan fingerprint density at radius 2 is 1.80 bits per heavy atom. The Kier molecular flexibility index (Phi) is 10.7. The Hall–Kier alpha value is 0.859. The summed E-state index contributed by atoms with van der Waals surface area (Å²) < 4.78 is 0. The van der Waals surface area contributed by atoms with Crippen molar-refractivity contribution in [1.82, 2.24) is 0 Å². The zero-order valence-electron chi connectivity index (χ0n) is 6.21. The van der Waals surface area contributed by atoms with Crippen LogP contribution in [0.15, 0.2) is 0 Å². The first-order valence-corrected chi connectivity index (χ1v) is 3.22. The van der Waals surface area contributed by atoms with Gasteiger partial charge in [-0.3, -0.25) is 9.59 Å². The number of rotatable bonds is 4. The molecule has 0 radical (unpaired) electrons. The smallest absolute Gasteiger partial charge is 0.198 e. The molecule has 0 unspecified atom stereocenters. The van der Waals surface area contributed by atoms with Crippen LogP contribution in [0.3, 0.4) is 0 Å². The molecule has 0 saturated heterocycles. The molecule has 0 fully saturated rings. The third kappa shape index (κ3) is 6.97. The SMILES string of the molecule is CCCCC(=O)C(C)=O.[Yb]. The summed E-state index contributed by atoms with van der Waals surface area (Å²) in [5, 5.41) is 0. The molecule has 0 aliphatic heterocycles. The van der Waals surface area contributed by atoms with E-state index in [0.717, 1.165) is 12.8 Å². The molecule has 10 heavy (non-hydrogen) atoms. The Morgan fingerprint density at radius 3 is 2.10 bits per heavy atom. The van der Waals surface area contributed by atoms with Gasteiger partial charge in [0.1, 0.15) is 0 Å². The first-order chi connectivity index (χ1) is 4.18. The van der Waals surface area contributed by atoms with E-state index in [0.29, 0.717) is 6.42 Å². The Labute approximate surface area is 100.0 Å². The molecule has 0 saturated carbocycles. The standard InChI is InChI=1S/C7H12O2.Yb/c1-3-4-5-7(9)6(2)8;/h3-5H2,1-2H3;. The van der Waals surface area contributed by atoms with Gasteiger partial charge in [0.05, 0.1) is 0 Å². The van der Waals surface area contributed by atoms with Crippen molar-refractivity contribution >= 4 is 11.6 Å². The van der Waals surface area contributed by atoms with Crippen LogP contribution in [0.25, 0.3) is 0 Å². The van der Waals surface area contributed by atoms with Crippen LogP contribution in [-0.2, 0) is 9.59 Å². The molecule has 0 aromatic rings. The van der Waals surface area contributed by atoms with Crippen LogP contribution in [0.1, 0.15) is 33.1 Å². The predicted molar refractivity (Wildman–Crippen MR) is 35.2 cm³/mol. The van der Waals surface area contributed by atoms with Crippen molar-refractivity contribution in [2.24, 2.45) is 0 Å². The Bertz CT molecular complexity index is 121. The molecular weight excluding hydrogens is 289 g/mol. The summed E-state index contributed by atoms with van der Waals surface area (Å²) in [5.41, 5.74) is 0. The summed E-state index contributed by atoms with van der Waals surface area (Å²) in [6.07, 6.45) is 2.23. The summed E-state index contributed by atoms with van der Waals surface area (Å²) in [6, 6.07) is 0. The molecule has 2 nitrogen and oxygen atoms in total. The molecule has 0 spiro atoms. The monoisotopic (exact) mass is 302 g/mol. The minimum Gasteiger partial charge on any atom is -0.291 e. The van der Waals surface area contributed by atoms with Crippen LogP contribution in [0.5, 0.6) is 0 Å². The minimum absolute atomic E-state index is 0. The summed E-state index contributed by atoms with van der Waals surface area (Å²) in [5.74, 6) is -0.555. The van der Waals surface area contributed by atoms with E-state index >= 15 is 0 Å². The van der Waals surface area contributed by atoms with Gasteiger partial charge in [0.2, 0.25) is 0 Å². The minimum atomic E-state index is -0.316. The van der Waals surface area contributed by atoms with Crippen LogP contribution in [-0.4, -0.2) is 11.6 Å². The molecule has 0 N–H and O–H groups in total. The number of carbonyl (C=O) groups is 2. The van der Waals surface area contributed by atoms with Crippen molar-refractivity contribution in [3.63, 3.8) is 0 Å². The topological polar surface area (TPSA) is 34.1 Å². The van der Waals surface area contributed by atoms with Crippen LogP contribution in [0.4, 0.5) is 0 Å². The molecule has 0 aliphatic carbocycles. The van der Waals surface area contributed by atoms with Crippen molar-refractivity contribution in [2.45, 2.75) is 33.1 Å². The van der Waals surface area contributed by atoms with E-state index in [4.69, 9.17) is 0 Å². The van der Waals surface area contributed by atoms with Gasteiger partial charge in [-0.2, -0.15) is 0 Å². The number of unbranched alkanes of at least 4 members (excludes halogenated alkanes) is 1. The normalized spacial score (nSPS) is 8.20. The van der Waals surface area contributed by atoms with Gasteiger partial charge in [0.25, 0.3) is 0 Å². The average molecular weight is 301 g/mol. The number of ketones is 2. The maximum atomic E-state index is 10.6. The van der Waals surface area contributed by atoms with Crippen molar-refractivity contribution in [1.29, 1.82) is 0 Å². The molecule has 0 atom stereocenters. The summed E-state index contributed by atoms with van der Waals surface area (Å²) >= 11 is 0. The first-order valence-electron chi connectivity index (χ1n) is 3.22. The molecular formula is C7H12O2Yb. The average Bonchev–Trinajstić information content (AvgIpc) is 1.82. The van der Waals surface area contributed by atoms with Gasteiger partial charge < -0.3 is 0 Å². The summed E-state index contributed by atoms with van der Waals surface area (Å²) in [6.45, 7) is 3.31. The van der Waals surface area contributed by atoms with Crippen LogP contribution in [0, 0.1) is 46.9 Å². The second-order valence-corrected chi connectivity index (χ2v) is 2.08. The second-order valence-electron chi connectivity index (χ2n) is 2.08. The van der Waals surface area contributed by atoms with E-state index in [-0.39, 0.29) is 58.5 Å². The molecule has 66 valence electrons. The van der Waals surface area contributed by atoms with Crippen LogP contribution >= 0.6 is 0 Å². The van der Waals surface area contributed by atoms with E-state index in [9.17, 15) is 9.59 Å². The van der Waals surface area contributed by atoms with Crippen molar-refractivity contribution < 1.29 is 56.5 Å². The fraction of sp³-hybridized carbons (Fsp3) is 0.714. The van der Waals surface area contributed by atoms with Crippen LogP contribution < -0.4 is 0 Å². The second kappa shape index (κ2) is 7.96. The quantitative estimate of drug-likeness (QED) is 0.734. The van der Waals surface area contributed by atoms with Gasteiger partial charge in [-0.15, -0.1) is 0 Å². The number of carbonyl (C=O) groups excluding carboxylic acids is 2. The van der Waals surface area contributed by atoms with E-state index in [1.54, 1.807) is 0 Å². The molecule has 0 amide bonds. The zero-order chi connectivity index (χ0) is 7.28. The van der Waals surface area contributed by atoms with E-state index in [1.165, 1.54) is 6.92 Å². The van der Waals surface area contributed by atoms with E-state index < -0.39 is 0 Å². The van der Waals surface area contributed by atoms with Gasteiger partial charge in [-0.1, -0.05) is 13.3 Å². The van der Waals surface area contributed by atoms with Gasteiger partial charge in [-0.05, 0) is 6.42 Å². The largest absolute Gasteiger partial charge is 0.291 e. The Balaban J connectivity index is 0. The fourth-order valence-electron chi connectivity index (χ4n) is 0.513. The fourth-order valence-corrected chi connectivity index (χ4v) is 0.513. The molecule has 0 heterocycles. The maximum absolute atomic E-state index is 10.6. The molecule has 0 aromatic heterocycles. The van der Waals surface area contributed by atoms with Gasteiger partial charge in [-0.25, -0.2) is 0 Å². The van der Waals surface area contributed by atoms with Gasteiger partial charge >= 0.3 is 0 Å². The summed E-state index contributed by atoms with van der Waals surface area (Å²) in [7, 11) is 0. The van der Waals surface area contributed by atoms with E-state index in [1.807, 2.05) is 6.92 Å². The molecule has 0 aromatic carbocycles. The third-order valence-electron chi connectivity index (χ3n) is 1.15. The van der Waals surface area contributed by atoms with Crippen molar-refractivity contribution in [3.05, 3.63) is 0 Å². The number of Topliss-reactive ketones (excluding diaryl/α,β-unsaturated/α-hetero) is 2. The molecule has 3 heteroatoms. The molecule has 0 rings (SSSR count). The molecule has 0 bridgehead atoms.